The van der Waals surface area contributed by atoms with Crippen LogP contribution in [0.4, 0.5) is 0 Å². The van der Waals surface area contributed by atoms with Crippen LogP contribution in [0.2, 0.25) is 0 Å². The monoisotopic (exact) mass is 390 g/mol. The van der Waals surface area contributed by atoms with Crippen LogP contribution in [0, 0.1) is 5.92 Å². The zero-order valence-electron chi connectivity index (χ0n) is 17.1. The van der Waals surface area contributed by atoms with Gasteiger partial charge in [0.05, 0.1) is 12.6 Å². The van der Waals surface area contributed by atoms with E-state index < -0.39 is 0 Å². The zero-order chi connectivity index (χ0) is 20.2. The summed E-state index contributed by atoms with van der Waals surface area (Å²) in [5.41, 5.74) is 3.19. The number of nitrogens with zero attached hydrogens (tertiary/aromatic N) is 3. The summed E-state index contributed by atoms with van der Waals surface area (Å²) in [6.07, 6.45) is 3.69. The van der Waals surface area contributed by atoms with Crippen molar-refractivity contribution in [1.29, 1.82) is 0 Å². The summed E-state index contributed by atoms with van der Waals surface area (Å²) in [6.45, 7) is 7.02. The van der Waals surface area contributed by atoms with Crippen molar-refractivity contribution in [3.8, 4) is 5.75 Å². The Morgan fingerprint density at radius 2 is 2.10 bits per heavy atom. The Morgan fingerprint density at radius 1 is 1.24 bits per heavy atom. The first-order valence-corrected chi connectivity index (χ1v) is 10.4. The van der Waals surface area contributed by atoms with E-state index in [0.29, 0.717) is 12.5 Å². The number of nitrogens with one attached hydrogen (secondary N) is 1. The average molecular weight is 390 g/mol. The molecule has 1 N–H and O–H groups in total. The van der Waals surface area contributed by atoms with Crippen LogP contribution in [0.25, 0.3) is 5.65 Å². The highest BCUT2D eigenvalue weighted by molar-refractivity contribution is 5.85. The summed E-state index contributed by atoms with van der Waals surface area (Å²) < 4.78 is 7.82. The Balaban J connectivity index is 1.38. The van der Waals surface area contributed by atoms with E-state index >= 15 is 0 Å². The lowest BCUT2D eigenvalue weighted by atomic mass is 9.85. The van der Waals surface area contributed by atoms with E-state index in [1.165, 1.54) is 11.1 Å². The molecule has 29 heavy (non-hydrogen) atoms. The standard InChI is InChI=1S/C23H26N4O2/c1-14(2)16-7-8-19-17(12-16)23(9-11-29-19)13-18(23)22(28)24-15(3)21-26-25-20-6-4-5-10-27(20)21/h4-8,10,12,14-15,18H,9,11,13H2,1-3H3,(H,24,28)/t15-,18+,23+/m1/s1. The third-order valence-electron chi connectivity index (χ3n) is 6.49. The maximum absolute atomic E-state index is 13.1. The predicted octanol–water partition coefficient (Wildman–Crippen LogP) is 3.77. The first-order valence-electron chi connectivity index (χ1n) is 10.4. The van der Waals surface area contributed by atoms with Crippen molar-refractivity contribution in [2.45, 2.75) is 51.0 Å². The zero-order valence-corrected chi connectivity index (χ0v) is 17.1. The van der Waals surface area contributed by atoms with E-state index in [9.17, 15) is 4.79 Å². The quantitative estimate of drug-likeness (QED) is 0.736. The molecule has 3 heterocycles. The van der Waals surface area contributed by atoms with Gasteiger partial charge >= 0.3 is 0 Å². The molecule has 6 heteroatoms. The topological polar surface area (TPSA) is 68.5 Å². The second kappa shape index (κ2) is 6.58. The summed E-state index contributed by atoms with van der Waals surface area (Å²) in [7, 11) is 0. The Morgan fingerprint density at radius 3 is 2.93 bits per heavy atom. The predicted molar refractivity (Wildman–Crippen MR) is 110 cm³/mol. The molecule has 3 atom stereocenters. The normalized spacial score (nSPS) is 23.7. The number of rotatable bonds is 4. The lowest BCUT2D eigenvalue weighted by Crippen LogP contribution is -2.33. The van der Waals surface area contributed by atoms with Crippen molar-refractivity contribution in [1.82, 2.24) is 19.9 Å². The van der Waals surface area contributed by atoms with Crippen LogP contribution in [0.5, 0.6) is 5.75 Å². The number of amides is 1. The van der Waals surface area contributed by atoms with Gasteiger partial charge in [-0.15, -0.1) is 10.2 Å². The summed E-state index contributed by atoms with van der Waals surface area (Å²) in [5.74, 6) is 2.21. The molecule has 0 bridgehead atoms. The average Bonchev–Trinajstić information content (AvgIpc) is 3.27. The highest BCUT2D eigenvalue weighted by Gasteiger charge is 2.61. The van der Waals surface area contributed by atoms with Gasteiger partial charge in [0.1, 0.15) is 5.75 Å². The van der Waals surface area contributed by atoms with Gasteiger partial charge in [0.2, 0.25) is 5.91 Å². The minimum absolute atomic E-state index is 0.0193. The fraction of sp³-hybridized carbons (Fsp3) is 0.435. The van der Waals surface area contributed by atoms with Crippen LogP contribution in [0.3, 0.4) is 0 Å². The van der Waals surface area contributed by atoms with Crippen molar-refractivity contribution in [2.24, 2.45) is 5.92 Å². The second-order valence-corrected chi connectivity index (χ2v) is 8.64. The first-order chi connectivity index (χ1) is 14.0. The molecule has 3 aromatic rings. The summed E-state index contributed by atoms with van der Waals surface area (Å²) in [4.78, 5) is 13.1. The van der Waals surface area contributed by atoms with Crippen LogP contribution in [-0.2, 0) is 10.2 Å². The van der Waals surface area contributed by atoms with Gasteiger partial charge in [0, 0.05) is 23.1 Å². The first kappa shape index (κ1) is 18.2. The van der Waals surface area contributed by atoms with Gasteiger partial charge in [-0.25, -0.2) is 0 Å². The smallest absolute Gasteiger partial charge is 0.224 e. The maximum atomic E-state index is 13.1. The molecular formula is C23H26N4O2. The SMILES string of the molecule is CC(C)c1ccc2c(c1)[C@]1(CCO2)C[C@H]1C(=O)N[C@H](C)c1nnc2ccccn12. The Labute approximate surface area is 170 Å². The molecule has 1 spiro atoms. The van der Waals surface area contributed by atoms with E-state index in [1.54, 1.807) is 0 Å². The van der Waals surface area contributed by atoms with Gasteiger partial charge in [-0.3, -0.25) is 9.20 Å². The van der Waals surface area contributed by atoms with Crippen molar-refractivity contribution in [3.63, 3.8) is 0 Å². The number of hydrogen-bond acceptors (Lipinski definition) is 4. The van der Waals surface area contributed by atoms with Gasteiger partial charge in [0.15, 0.2) is 11.5 Å². The Hall–Kier alpha value is -2.89. The molecule has 0 saturated heterocycles. The number of hydrogen-bond donors (Lipinski definition) is 1. The van der Waals surface area contributed by atoms with Crippen LogP contribution < -0.4 is 10.1 Å². The van der Waals surface area contributed by atoms with E-state index in [-0.39, 0.29) is 23.3 Å². The van der Waals surface area contributed by atoms with Crippen molar-refractivity contribution < 1.29 is 9.53 Å². The van der Waals surface area contributed by atoms with Crippen LogP contribution in [0.15, 0.2) is 42.6 Å². The molecule has 1 amide bonds. The summed E-state index contributed by atoms with van der Waals surface area (Å²) in [6, 6.07) is 12.0. The highest BCUT2D eigenvalue weighted by atomic mass is 16.5. The molecule has 1 aliphatic carbocycles. The number of carbonyl (C=O) groups is 1. The fourth-order valence-corrected chi connectivity index (χ4v) is 4.66. The number of ether oxygens (including phenoxy) is 1. The van der Waals surface area contributed by atoms with Crippen molar-refractivity contribution in [2.75, 3.05) is 6.61 Å². The lowest BCUT2D eigenvalue weighted by molar-refractivity contribution is -0.123. The molecular weight excluding hydrogens is 364 g/mol. The van der Waals surface area contributed by atoms with Crippen LogP contribution in [-0.4, -0.2) is 27.1 Å². The fourth-order valence-electron chi connectivity index (χ4n) is 4.66. The maximum Gasteiger partial charge on any atom is 0.224 e. The van der Waals surface area contributed by atoms with Crippen LogP contribution >= 0.6 is 0 Å². The molecule has 0 radical (unpaired) electrons. The van der Waals surface area contributed by atoms with Gasteiger partial charge in [-0.2, -0.15) is 0 Å². The molecule has 1 fully saturated rings. The minimum atomic E-state index is -0.209. The second-order valence-electron chi connectivity index (χ2n) is 8.64. The van der Waals surface area contributed by atoms with E-state index in [4.69, 9.17) is 4.74 Å². The van der Waals surface area contributed by atoms with E-state index in [2.05, 4.69) is 47.6 Å². The molecule has 2 aromatic heterocycles. The van der Waals surface area contributed by atoms with Crippen LogP contribution in [0.1, 0.15) is 62.5 Å². The lowest BCUT2D eigenvalue weighted by Gasteiger charge is -2.28. The summed E-state index contributed by atoms with van der Waals surface area (Å²) >= 11 is 0. The van der Waals surface area contributed by atoms with Gasteiger partial charge < -0.3 is 10.1 Å². The summed E-state index contributed by atoms with van der Waals surface area (Å²) in [5, 5.41) is 11.6. The Bertz CT molecular complexity index is 1090. The molecule has 2 aliphatic rings. The molecule has 1 saturated carbocycles. The van der Waals surface area contributed by atoms with Gasteiger partial charge in [-0.1, -0.05) is 32.0 Å². The third kappa shape index (κ3) is 2.89. The van der Waals surface area contributed by atoms with E-state index in [0.717, 1.165) is 30.1 Å². The molecule has 0 unspecified atom stereocenters. The number of aromatic nitrogens is 3. The Kier molecular flexibility index (Phi) is 4.12. The number of pyridine rings is 1. The molecule has 150 valence electrons. The van der Waals surface area contributed by atoms with Gasteiger partial charge in [0.25, 0.3) is 0 Å². The molecule has 6 nitrogen and oxygen atoms in total. The van der Waals surface area contributed by atoms with Crippen molar-refractivity contribution in [3.05, 3.63) is 59.5 Å². The van der Waals surface area contributed by atoms with Crippen molar-refractivity contribution >= 4 is 11.6 Å². The number of carbonyl (C=O) groups excluding carboxylic acids is 1. The molecule has 1 aromatic carbocycles. The van der Waals surface area contributed by atoms with E-state index in [1.807, 2.05) is 35.7 Å². The van der Waals surface area contributed by atoms with Gasteiger partial charge in [-0.05, 0) is 49.4 Å². The number of fused-ring (bicyclic) bond motifs is 3. The minimum Gasteiger partial charge on any atom is -0.493 e. The third-order valence-corrected chi connectivity index (χ3v) is 6.49. The molecule has 5 rings (SSSR count). The number of benzene rings is 1. The molecule has 1 aliphatic heterocycles. The highest BCUT2D eigenvalue weighted by Crippen LogP contribution is 2.61. The largest absolute Gasteiger partial charge is 0.493 e.